The second-order valence-corrected chi connectivity index (χ2v) is 6.49. The molecule has 9 nitrogen and oxygen atoms in total. The van der Waals surface area contributed by atoms with E-state index in [9.17, 15) is 9.59 Å². The fraction of sp³-hybridized carbons (Fsp3) is 0.353. The molecule has 0 saturated carbocycles. The monoisotopic (exact) mass is 353 g/mol. The van der Waals surface area contributed by atoms with Crippen LogP contribution in [0.4, 0.5) is 5.95 Å². The van der Waals surface area contributed by atoms with Gasteiger partial charge in [-0.3, -0.25) is 14.6 Å². The van der Waals surface area contributed by atoms with Crippen molar-refractivity contribution in [2.45, 2.75) is 19.5 Å². The Hall–Kier alpha value is -3.23. The Bertz CT molecular complexity index is 1000. The zero-order valence-electron chi connectivity index (χ0n) is 14.6. The lowest BCUT2D eigenvalue weighted by atomic mass is 10.1. The molecule has 0 aliphatic carbocycles. The van der Waals surface area contributed by atoms with Crippen LogP contribution in [0, 0.1) is 0 Å². The lowest BCUT2D eigenvalue weighted by Crippen LogP contribution is -2.41. The molecule has 0 fully saturated rings. The van der Waals surface area contributed by atoms with Crippen LogP contribution in [-0.4, -0.2) is 56.4 Å². The van der Waals surface area contributed by atoms with Crippen LogP contribution >= 0.6 is 0 Å². The van der Waals surface area contributed by atoms with Gasteiger partial charge in [-0.2, -0.15) is 15.0 Å². The van der Waals surface area contributed by atoms with Crippen molar-refractivity contribution in [1.82, 2.24) is 29.9 Å². The topological polar surface area (TPSA) is 100 Å². The Labute approximate surface area is 149 Å². The Morgan fingerprint density at radius 2 is 1.92 bits per heavy atom. The average Bonchev–Trinajstić information content (AvgIpc) is 3.03. The zero-order valence-corrected chi connectivity index (χ0v) is 14.6. The molecule has 0 unspecified atom stereocenters. The van der Waals surface area contributed by atoms with Gasteiger partial charge in [-0.25, -0.2) is 4.98 Å². The molecule has 0 spiro atoms. The van der Waals surface area contributed by atoms with E-state index in [1.54, 1.807) is 9.80 Å². The standard InChI is InChI=1S/C17H19N7O2/c1-22(2)17-18-14-9-23(8-7-11(14)16(26)19-17)15(25)10-24-20-12-5-3-4-6-13(12)21-24/h3-6H,7-10H2,1-2H3,(H,18,19,26). The molecule has 0 atom stereocenters. The number of amides is 1. The maximum atomic E-state index is 12.7. The zero-order chi connectivity index (χ0) is 18.3. The van der Waals surface area contributed by atoms with Crippen molar-refractivity contribution in [3.8, 4) is 0 Å². The number of fused-ring (bicyclic) bond motifs is 2. The van der Waals surface area contributed by atoms with Gasteiger partial charge in [-0.15, -0.1) is 0 Å². The summed E-state index contributed by atoms with van der Waals surface area (Å²) in [6, 6.07) is 7.49. The number of rotatable bonds is 3. The molecule has 26 heavy (non-hydrogen) atoms. The Morgan fingerprint density at radius 3 is 2.58 bits per heavy atom. The lowest BCUT2D eigenvalue weighted by molar-refractivity contribution is -0.133. The van der Waals surface area contributed by atoms with Gasteiger partial charge < -0.3 is 9.80 Å². The Balaban J connectivity index is 1.54. The summed E-state index contributed by atoms with van der Waals surface area (Å²) >= 11 is 0. The van der Waals surface area contributed by atoms with Crippen LogP contribution in [0.15, 0.2) is 29.1 Å². The SMILES string of the molecule is CN(C)c1nc2c(c(=O)[nH]1)CCN(C(=O)Cn1nc3ccccc3n1)C2. The Kier molecular flexibility index (Phi) is 3.90. The van der Waals surface area contributed by atoms with Crippen molar-refractivity contribution in [2.75, 3.05) is 25.5 Å². The number of aromatic amines is 1. The number of nitrogens with one attached hydrogen (secondary N) is 1. The number of H-pyrrole nitrogens is 1. The van der Waals surface area contributed by atoms with E-state index >= 15 is 0 Å². The first-order valence-electron chi connectivity index (χ1n) is 8.38. The third kappa shape index (κ3) is 2.92. The summed E-state index contributed by atoms with van der Waals surface area (Å²) in [5, 5.41) is 8.65. The third-order valence-corrected chi connectivity index (χ3v) is 4.44. The van der Waals surface area contributed by atoms with Crippen LogP contribution in [-0.2, 0) is 24.3 Å². The highest BCUT2D eigenvalue weighted by molar-refractivity contribution is 5.77. The number of hydrogen-bond donors (Lipinski definition) is 1. The summed E-state index contributed by atoms with van der Waals surface area (Å²) in [6.07, 6.45) is 0.492. The van der Waals surface area contributed by atoms with Crippen LogP contribution in [0.5, 0.6) is 0 Å². The summed E-state index contributed by atoms with van der Waals surface area (Å²) in [4.78, 5) is 37.0. The van der Waals surface area contributed by atoms with E-state index in [4.69, 9.17) is 0 Å². The van der Waals surface area contributed by atoms with E-state index in [-0.39, 0.29) is 18.0 Å². The number of nitrogens with zero attached hydrogens (tertiary/aromatic N) is 6. The molecule has 1 N–H and O–H groups in total. The molecule has 134 valence electrons. The van der Waals surface area contributed by atoms with E-state index in [2.05, 4.69) is 20.2 Å². The molecule has 1 aromatic carbocycles. The van der Waals surface area contributed by atoms with Crippen LogP contribution in [0.3, 0.4) is 0 Å². The highest BCUT2D eigenvalue weighted by Gasteiger charge is 2.25. The number of carbonyl (C=O) groups excluding carboxylic acids is 1. The van der Waals surface area contributed by atoms with Gasteiger partial charge in [0.2, 0.25) is 11.9 Å². The number of anilines is 1. The number of aromatic nitrogens is 5. The molecule has 9 heteroatoms. The highest BCUT2D eigenvalue weighted by atomic mass is 16.2. The molecule has 4 rings (SSSR count). The smallest absolute Gasteiger partial charge is 0.255 e. The first kappa shape index (κ1) is 16.2. The van der Waals surface area contributed by atoms with Crippen molar-refractivity contribution in [1.29, 1.82) is 0 Å². The van der Waals surface area contributed by atoms with E-state index in [0.717, 1.165) is 11.0 Å². The third-order valence-electron chi connectivity index (χ3n) is 4.44. The molecular formula is C17H19N7O2. The summed E-state index contributed by atoms with van der Waals surface area (Å²) in [5.74, 6) is 0.396. The molecule has 3 aromatic rings. The Morgan fingerprint density at radius 1 is 1.23 bits per heavy atom. The van der Waals surface area contributed by atoms with Crippen LogP contribution in [0.2, 0.25) is 0 Å². The summed E-state index contributed by atoms with van der Waals surface area (Å²) in [6.45, 7) is 0.867. The van der Waals surface area contributed by atoms with Crippen molar-refractivity contribution in [3.63, 3.8) is 0 Å². The molecule has 2 aromatic heterocycles. The van der Waals surface area contributed by atoms with Crippen molar-refractivity contribution < 1.29 is 4.79 Å². The second kappa shape index (κ2) is 6.25. The first-order valence-corrected chi connectivity index (χ1v) is 8.38. The van der Waals surface area contributed by atoms with Crippen LogP contribution in [0.1, 0.15) is 11.3 Å². The van der Waals surface area contributed by atoms with Gasteiger partial charge in [0.15, 0.2) is 0 Å². The maximum Gasteiger partial charge on any atom is 0.255 e. The number of hydrogen-bond acceptors (Lipinski definition) is 6. The summed E-state index contributed by atoms with van der Waals surface area (Å²) < 4.78 is 0. The van der Waals surface area contributed by atoms with E-state index in [1.165, 1.54) is 4.80 Å². The lowest BCUT2D eigenvalue weighted by Gasteiger charge is -2.28. The minimum absolute atomic E-state index is 0.0632. The average molecular weight is 353 g/mol. The largest absolute Gasteiger partial charge is 0.348 e. The predicted molar refractivity (Wildman–Crippen MR) is 95.8 cm³/mol. The van der Waals surface area contributed by atoms with Gasteiger partial charge >= 0.3 is 0 Å². The quantitative estimate of drug-likeness (QED) is 0.720. The summed E-state index contributed by atoms with van der Waals surface area (Å²) in [5.41, 5.74) is 2.69. The molecule has 3 heterocycles. The normalized spacial score (nSPS) is 13.7. The van der Waals surface area contributed by atoms with E-state index < -0.39 is 0 Å². The van der Waals surface area contributed by atoms with Gasteiger partial charge in [0.25, 0.3) is 5.56 Å². The van der Waals surface area contributed by atoms with Crippen molar-refractivity contribution >= 4 is 22.9 Å². The molecule has 0 saturated heterocycles. The van der Waals surface area contributed by atoms with Gasteiger partial charge in [-0.05, 0) is 18.6 Å². The minimum atomic E-state index is -0.134. The molecule has 0 bridgehead atoms. The second-order valence-electron chi connectivity index (χ2n) is 6.49. The fourth-order valence-corrected chi connectivity index (χ4v) is 3.05. The van der Waals surface area contributed by atoms with E-state index in [1.807, 2.05) is 38.4 Å². The predicted octanol–water partition coefficient (Wildman–Crippen LogP) is 0.165. The van der Waals surface area contributed by atoms with E-state index in [0.29, 0.717) is 36.7 Å². The van der Waals surface area contributed by atoms with Gasteiger partial charge in [0.05, 0.1) is 12.2 Å². The summed E-state index contributed by atoms with van der Waals surface area (Å²) in [7, 11) is 3.62. The van der Waals surface area contributed by atoms with Gasteiger partial charge in [0.1, 0.15) is 17.6 Å². The first-order chi connectivity index (χ1) is 12.5. The molecule has 0 radical (unpaired) electrons. The van der Waals surface area contributed by atoms with Crippen molar-refractivity contribution in [3.05, 3.63) is 45.9 Å². The van der Waals surface area contributed by atoms with Crippen LogP contribution < -0.4 is 10.5 Å². The van der Waals surface area contributed by atoms with Crippen molar-refractivity contribution in [2.24, 2.45) is 0 Å². The minimum Gasteiger partial charge on any atom is -0.348 e. The molecule has 1 amide bonds. The number of benzene rings is 1. The maximum absolute atomic E-state index is 12.7. The van der Waals surface area contributed by atoms with Gasteiger partial charge in [0, 0.05) is 26.2 Å². The molecule has 1 aliphatic rings. The molecular weight excluding hydrogens is 334 g/mol. The molecule has 1 aliphatic heterocycles. The van der Waals surface area contributed by atoms with Gasteiger partial charge in [-0.1, -0.05) is 12.1 Å². The van der Waals surface area contributed by atoms with Crippen LogP contribution in [0.25, 0.3) is 11.0 Å². The highest BCUT2D eigenvalue weighted by Crippen LogP contribution is 2.16. The number of carbonyl (C=O) groups is 1. The fourth-order valence-electron chi connectivity index (χ4n) is 3.05.